The van der Waals surface area contributed by atoms with Crippen molar-refractivity contribution < 1.29 is 19.0 Å². The second-order valence-electron chi connectivity index (χ2n) is 8.19. The lowest BCUT2D eigenvalue weighted by Gasteiger charge is -2.35. The molecule has 0 spiro atoms. The number of allylic oxidation sites excluding steroid dienone is 1. The average Bonchev–Trinajstić information content (AvgIpc) is 2.86. The Morgan fingerprint density at radius 2 is 1.77 bits per heavy atom. The highest BCUT2D eigenvalue weighted by Crippen LogP contribution is 2.49. The van der Waals surface area contributed by atoms with Crippen LogP contribution in [-0.2, 0) is 10.5 Å². The van der Waals surface area contributed by atoms with E-state index in [1.165, 1.54) is 18.9 Å². The molecule has 1 saturated carbocycles. The first-order valence-corrected chi connectivity index (χ1v) is 12.8. The Bertz CT molecular complexity index is 1240. The van der Waals surface area contributed by atoms with Crippen LogP contribution >= 0.6 is 35.0 Å². The Morgan fingerprint density at radius 3 is 2.37 bits per heavy atom. The highest BCUT2D eigenvalue weighted by atomic mass is 35.5. The molecule has 1 heterocycles. The van der Waals surface area contributed by atoms with Gasteiger partial charge in [0.2, 0.25) is 5.75 Å². The fourth-order valence-corrected chi connectivity index (χ4v) is 6.20. The molecular weight excluding hydrogens is 507 g/mol. The summed E-state index contributed by atoms with van der Waals surface area (Å²) in [6, 6.07) is 11.3. The maximum absolute atomic E-state index is 13.1. The first-order valence-electron chi connectivity index (χ1n) is 11.0. The van der Waals surface area contributed by atoms with Gasteiger partial charge in [0, 0.05) is 33.8 Å². The SMILES string of the molecule is COc1cc([C@H]2C(C#N)=C(SCc3ccc(Cl)cc3Cl)N=C3CCCC(=O)[C@@H]32)cc(OC)c1OC. The molecule has 2 aliphatic rings. The molecule has 0 saturated heterocycles. The van der Waals surface area contributed by atoms with Crippen LogP contribution in [0.1, 0.15) is 36.3 Å². The molecule has 1 aliphatic heterocycles. The van der Waals surface area contributed by atoms with E-state index in [1.807, 2.05) is 18.2 Å². The van der Waals surface area contributed by atoms with Crippen molar-refractivity contribution in [2.45, 2.75) is 30.9 Å². The van der Waals surface area contributed by atoms with Crippen LogP contribution in [0.4, 0.5) is 0 Å². The zero-order valence-corrected chi connectivity index (χ0v) is 21.9. The summed E-state index contributed by atoms with van der Waals surface area (Å²) >= 11 is 13.8. The fraction of sp³-hybridized carbons (Fsp3) is 0.346. The van der Waals surface area contributed by atoms with Gasteiger partial charge in [0.1, 0.15) is 10.8 Å². The van der Waals surface area contributed by atoms with E-state index in [9.17, 15) is 10.1 Å². The molecule has 6 nitrogen and oxygen atoms in total. The van der Waals surface area contributed by atoms with E-state index in [-0.39, 0.29) is 5.78 Å². The number of benzene rings is 2. The molecule has 0 amide bonds. The third-order valence-electron chi connectivity index (χ3n) is 6.23. The van der Waals surface area contributed by atoms with E-state index in [0.29, 0.717) is 56.5 Å². The highest BCUT2D eigenvalue weighted by molar-refractivity contribution is 8.02. The number of ketones is 1. The molecule has 182 valence electrons. The Morgan fingerprint density at radius 1 is 1.06 bits per heavy atom. The maximum Gasteiger partial charge on any atom is 0.203 e. The van der Waals surface area contributed by atoms with Crippen molar-refractivity contribution in [2.24, 2.45) is 10.9 Å². The Kier molecular flexibility index (Phi) is 7.95. The van der Waals surface area contributed by atoms with E-state index in [4.69, 9.17) is 42.4 Å². The number of hydrogen-bond acceptors (Lipinski definition) is 7. The van der Waals surface area contributed by atoms with Gasteiger partial charge in [-0.05, 0) is 48.2 Å². The lowest BCUT2D eigenvalue weighted by Crippen LogP contribution is -2.37. The van der Waals surface area contributed by atoms with Gasteiger partial charge in [0.05, 0.1) is 38.9 Å². The number of rotatable bonds is 7. The molecule has 0 bridgehead atoms. The summed E-state index contributed by atoms with van der Waals surface area (Å²) in [5.74, 6) is 0.983. The Balaban J connectivity index is 1.82. The number of fused-ring (bicyclic) bond motifs is 1. The Labute approximate surface area is 218 Å². The molecule has 4 rings (SSSR count). The monoisotopic (exact) mass is 530 g/mol. The lowest BCUT2D eigenvalue weighted by molar-refractivity contribution is -0.121. The zero-order chi connectivity index (χ0) is 25.1. The molecule has 0 N–H and O–H groups in total. The van der Waals surface area contributed by atoms with Crippen LogP contribution in [0.5, 0.6) is 17.2 Å². The van der Waals surface area contributed by atoms with Gasteiger partial charge in [-0.25, -0.2) is 4.99 Å². The minimum absolute atomic E-state index is 0.0892. The van der Waals surface area contributed by atoms with E-state index in [1.54, 1.807) is 26.4 Å². The van der Waals surface area contributed by atoms with Crippen LogP contribution in [-0.4, -0.2) is 32.8 Å². The zero-order valence-electron chi connectivity index (χ0n) is 19.6. The summed E-state index contributed by atoms with van der Waals surface area (Å²) in [6.07, 6.45) is 1.92. The number of thioether (sulfide) groups is 1. The van der Waals surface area contributed by atoms with Crippen molar-refractivity contribution in [2.75, 3.05) is 21.3 Å². The largest absolute Gasteiger partial charge is 0.493 e. The van der Waals surface area contributed by atoms with Crippen molar-refractivity contribution in [3.05, 3.63) is 62.1 Å². The lowest BCUT2D eigenvalue weighted by atomic mass is 9.70. The molecule has 2 atom stereocenters. The van der Waals surface area contributed by atoms with Crippen molar-refractivity contribution >= 4 is 46.5 Å². The summed E-state index contributed by atoms with van der Waals surface area (Å²) in [5, 5.41) is 12.0. The average molecular weight is 531 g/mol. The van der Waals surface area contributed by atoms with Gasteiger partial charge in [-0.3, -0.25) is 4.79 Å². The second kappa shape index (κ2) is 10.9. The van der Waals surface area contributed by atoms with Gasteiger partial charge < -0.3 is 14.2 Å². The van der Waals surface area contributed by atoms with Crippen molar-refractivity contribution in [1.82, 2.24) is 0 Å². The van der Waals surface area contributed by atoms with Crippen LogP contribution in [0.15, 0.2) is 45.9 Å². The summed E-state index contributed by atoms with van der Waals surface area (Å²) in [6.45, 7) is 0. The van der Waals surface area contributed by atoms with Crippen LogP contribution in [0.25, 0.3) is 0 Å². The number of ether oxygens (including phenoxy) is 3. The topological polar surface area (TPSA) is 80.9 Å². The standard InChI is InChI=1S/C26H24Cl2N2O4S/c1-32-21-9-15(10-22(33-2)25(21)34-3)23-17(12-29)26(30-19-5-4-6-20(31)24(19)23)35-13-14-7-8-16(27)11-18(14)28/h7-11,23-24H,4-6,13H2,1-3H3/t23-,24+/m0/s1. The molecule has 1 fully saturated rings. The first-order chi connectivity index (χ1) is 16.9. The number of hydrogen-bond donors (Lipinski definition) is 0. The predicted molar refractivity (Wildman–Crippen MR) is 139 cm³/mol. The van der Waals surface area contributed by atoms with Gasteiger partial charge in [0.25, 0.3) is 0 Å². The number of aliphatic imine (C=N–C) groups is 1. The molecule has 0 unspecified atom stereocenters. The number of carbonyl (C=O) groups excluding carboxylic acids is 1. The maximum atomic E-state index is 13.1. The van der Waals surface area contributed by atoms with E-state index in [0.717, 1.165) is 23.3 Å². The summed E-state index contributed by atoms with van der Waals surface area (Å²) in [4.78, 5) is 18.0. The molecule has 35 heavy (non-hydrogen) atoms. The molecule has 2 aromatic rings. The molecule has 0 aromatic heterocycles. The summed E-state index contributed by atoms with van der Waals surface area (Å²) < 4.78 is 16.6. The molecule has 2 aromatic carbocycles. The van der Waals surface area contributed by atoms with E-state index < -0.39 is 11.8 Å². The molecular formula is C26H24Cl2N2O4S. The van der Waals surface area contributed by atoms with Crippen LogP contribution in [0, 0.1) is 17.2 Å². The van der Waals surface area contributed by atoms with Crippen LogP contribution in [0.2, 0.25) is 10.0 Å². The first kappa shape index (κ1) is 25.4. The van der Waals surface area contributed by atoms with Crippen LogP contribution < -0.4 is 14.2 Å². The number of methoxy groups -OCH3 is 3. The number of carbonyl (C=O) groups is 1. The summed E-state index contributed by atoms with van der Waals surface area (Å²) in [7, 11) is 4.62. The molecule has 9 heteroatoms. The van der Waals surface area contributed by atoms with Gasteiger partial charge >= 0.3 is 0 Å². The van der Waals surface area contributed by atoms with Gasteiger partial charge in [-0.15, -0.1) is 11.8 Å². The summed E-state index contributed by atoms with van der Waals surface area (Å²) in [5.41, 5.74) is 2.88. The minimum Gasteiger partial charge on any atom is -0.493 e. The highest BCUT2D eigenvalue weighted by Gasteiger charge is 2.42. The Hall–Kier alpha value is -2.66. The van der Waals surface area contributed by atoms with Gasteiger partial charge in [0.15, 0.2) is 11.5 Å². The fourth-order valence-electron chi connectivity index (χ4n) is 4.59. The number of nitriles is 1. The smallest absolute Gasteiger partial charge is 0.203 e. The number of nitrogens with zero attached hydrogens (tertiary/aromatic N) is 2. The molecule has 0 radical (unpaired) electrons. The second-order valence-corrected chi connectivity index (χ2v) is 10.00. The van der Waals surface area contributed by atoms with Gasteiger partial charge in [-0.1, -0.05) is 29.3 Å². The van der Waals surface area contributed by atoms with E-state index in [2.05, 4.69) is 6.07 Å². The third kappa shape index (κ3) is 5.02. The third-order valence-corrected chi connectivity index (χ3v) is 7.85. The van der Waals surface area contributed by atoms with Crippen molar-refractivity contribution in [3.8, 4) is 23.3 Å². The quantitative estimate of drug-likeness (QED) is 0.401. The van der Waals surface area contributed by atoms with Crippen molar-refractivity contribution in [3.63, 3.8) is 0 Å². The van der Waals surface area contributed by atoms with E-state index >= 15 is 0 Å². The van der Waals surface area contributed by atoms with Crippen LogP contribution in [0.3, 0.4) is 0 Å². The number of Topliss-reactive ketones (excluding diaryl/α,β-unsaturated/α-hetero) is 1. The normalized spacial score (nSPS) is 19.5. The predicted octanol–water partition coefficient (Wildman–Crippen LogP) is 6.60. The minimum atomic E-state index is -0.503. The molecule has 1 aliphatic carbocycles. The number of halogens is 2. The van der Waals surface area contributed by atoms with Crippen molar-refractivity contribution in [1.29, 1.82) is 5.26 Å². The van der Waals surface area contributed by atoms with Gasteiger partial charge in [-0.2, -0.15) is 5.26 Å².